The Morgan fingerprint density at radius 2 is 2.06 bits per heavy atom. The summed E-state index contributed by atoms with van der Waals surface area (Å²) in [6.45, 7) is 2.80. The number of rotatable bonds is 4. The van der Waals surface area contributed by atoms with Crippen LogP contribution in [0.25, 0.3) is 0 Å². The zero-order chi connectivity index (χ0) is 11.4. The third-order valence-corrected chi connectivity index (χ3v) is 2.90. The van der Waals surface area contributed by atoms with Crippen LogP contribution in [-0.4, -0.2) is 0 Å². The quantitative estimate of drug-likeness (QED) is 0.873. The zero-order valence-corrected chi connectivity index (χ0v) is 9.87. The Balaban J connectivity index is 1.95. The van der Waals surface area contributed by atoms with Crippen LogP contribution in [0.4, 0.5) is 0 Å². The van der Waals surface area contributed by atoms with E-state index in [1.54, 1.807) is 6.26 Å². The van der Waals surface area contributed by atoms with Gasteiger partial charge in [0.2, 0.25) is 0 Å². The number of hydrogen-bond acceptors (Lipinski definition) is 2. The van der Waals surface area contributed by atoms with Gasteiger partial charge in [-0.25, -0.2) is 0 Å². The Labute approximate surface area is 100 Å². The van der Waals surface area contributed by atoms with Gasteiger partial charge in [-0.15, -0.1) is 0 Å². The van der Waals surface area contributed by atoms with Gasteiger partial charge in [-0.05, 0) is 30.7 Å². The van der Waals surface area contributed by atoms with E-state index >= 15 is 0 Å². The molecule has 2 nitrogen and oxygen atoms in total. The minimum Gasteiger partial charge on any atom is -0.468 e. The second-order valence-electron chi connectivity index (χ2n) is 3.71. The molecule has 0 aliphatic carbocycles. The third kappa shape index (κ3) is 2.65. The lowest BCUT2D eigenvalue weighted by Crippen LogP contribution is -2.17. The number of benzene rings is 1. The fraction of sp³-hybridized carbons (Fsp3) is 0.231. The van der Waals surface area contributed by atoms with E-state index in [1.165, 1.54) is 0 Å². The van der Waals surface area contributed by atoms with Gasteiger partial charge in [0, 0.05) is 11.6 Å². The van der Waals surface area contributed by atoms with Gasteiger partial charge < -0.3 is 9.73 Å². The van der Waals surface area contributed by atoms with E-state index in [-0.39, 0.29) is 6.04 Å². The van der Waals surface area contributed by atoms with Crippen molar-refractivity contribution in [2.24, 2.45) is 0 Å². The van der Waals surface area contributed by atoms with Crippen LogP contribution in [0.1, 0.15) is 24.3 Å². The SMILES string of the molecule is C[C@@H](NCc1ccccc1Cl)c1ccco1. The van der Waals surface area contributed by atoms with Crippen molar-refractivity contribution in [1.29, 1.82) is 0 Å². The summed E-state index contributed by atoms with van der Waals surface area (Å²) in [7, 11) is 0. The van der Waals surface area contributed by atoms with Crippen LogP contribution in [-0.2, 0) is 6.54 Å². The first-order chi connectivity index (χ1) is 7.77. The predicted molar refractivity (Wildman–Crippen MR) is 65.4 cm³/mol. The van der Waals surface area contributed by atoms with Crippen molar-refractivity contribution in [3.63, 3.8) is 0 Å². The average Bonchev–Trinajstić information content (AvgIpc) is 2.81. The number of furan rings is 1. The molecule has 1 atom stereocenters. The van der Waals surface area contributed by atoms with E-state index < -0.39 is 0 Å². The summed E-state index contributed by atoms with van der Waals surface area (Å²) in [5, 5.41) is 4.16. The molecule has 0 radical (unpaired) electrons. The van der Waals surface area contributed by atoms with Crippen LogP contribution in [0.5, 0.6) is 0 Å². The van der Waals surface area contributed by atoms with Gasteiger partial charge in [-0.2, -0.15) is 0 Å². The second-order valence-corrected chi connectivity index (χ2v) is 4.12. The lowest BCUT2D eigenvalue weighted by Gasteiger charge is -2.11. The van der Waals surface area contributed by atoms with E-state index in [0.717, 1.165) is 22.9 Å². The van der Waals surface area contributed by atoms with Gasteiger partial charge in [0.25, 0.3) is 0 Å². The van der Waals surface area contributed by atoms with Crippen molar-refractivity contribution < 1.29 is 4.42 Å². The Morgan fingerprint density at radius 3 is 2.75 bits per heavy atom. The van der Waals surface area contributed by atoms with Crippen LogP contribution in [0.2, 0.25) is 5.02 Å². The summed E-state index contributed by atoms with van der Waals surface area (Å²) >= 11 is 6.07. The summed E-state index contributed by atoms with van der Waals surface area (Å²) in [4.78, 5) is 0. The van der Waals surface area contributed by atoms with Gasteiger partial charge in [0.1, 0.15) is 5.76 Å². The molecule has 0 aliphatic rings. The lowest BCUT2D eigenvalue weighted by atomic mass is 10.2. The molecule has 0 fully saturated rings. The predicted octanol–water partition coefficient (Wildman–Crippen LogP) is 3.78. The molecule has 1 heterocycles. The van der Waals surface area contributed by atoms with Crippen LogP contribution in [0.3, 0.4) is 0 Å². The Hall–Kier alpha value is -1.25. The van der Waals surface area contributed by atoms with E-state index in [0.29, 0.717) is 0 Å². The topological polar surface area (TPSA) is 25.2 Å². The minimum absolute atomic E-state index is 0.186. The fourth-order valence-electron chi connectivity index (χ4n) is 1.54. The molecule has 0 saturated heterocycles. The van der Waals surface area contributed by atoms with Crippen molar-refractivity contribution >= 4 is 11.6 Å². The molecule has 2 rings (SSSR count). The zero-order valence-electron chi connectivity index (χ0n) is 9.11. The molecular formula is C13H14ClNO. The minimum atomic E-state index is 0.186. The highest BCUT2D eigenvalue weighted by molar-refractivity contribution is 6.31. The van der Waals surface area contributed by atoms with Crippen LogP contribution in [0.15, 0.2) is 47.1 Å². The second kappa shape index (κ2) is 5.19. The van der Waals surface area contributed by atoms with Gasteiger partial charge in [0.15, 0.2) is 0 Å². The normalized spacial score (nSPS) is 12.6. The van der Waals surface area contributed by atoms with Crippen molar-refractivity contribution in [2.45, 2.75) is 19.5 Å². The van der Waals surface area contributed by atoms with Gasteiger partial charge in [0.05, 0.1) is 12.3 Å². The molecule has 3 heteroatoms. The maximum Gasteiger partial charge on any atom is 0.120 e. The standard InChI is InChI=1S/C13H14ClNO/c1-10(13-7-4-8-16-13)15-9-11-5-2-3-6-12(11)14/h2-8,10,15H,9H2,1H3/t10-/m1/s1. The third-order valence-electron chi connectivity index (χ3n) is 2.53. The molecule has 0 bridgehead atoms. The summed E-state index contributed by atoms with van der Waals surface area (Å²) in [5.41, 5.74) is 1.10. The number of nitrogens with one attached hydrogen (secondary N) is 1. The lowest BCUT2D eigenvalue weighted by molar-refractivity contribution is 0.430. The number of halogens is 1. The van der Waals surface area contributed by atoms with E-state index in [1.807, 2.05) is 36.4 Å². The summed E-state index contributed by atoms with van der Waals surface area (Å²) in [5.74, 6) is 0.937. The van der Waals surface area contributed by atoms with E-state index in [9.17, 15) is 0 Å². The maximum absolute atomic E-state index is 6.07. The molecule has 0 aliphatic heterocycles. The van der Waals surface area contributed by atoms with Crippen molar-refractivity contribution in [1.82, 2.24) is 5.32 Å². The largest absolute Gasteiger partial charge is 0.468 e. The molecule has 0 amide bonds. The molecule has 84 valence electrons. The van der Waals surface area contributed by atoms with Crippen molar-refractivity contribution in [3.05, 3.63) is 59.0 Å². The summed E-state index contributed by atoms with van der Waals surface area (Å²) in [6.07, 6.45) is 1.68. The van der Waals surface area contributed by atoms with Crippen molar-refractivity contribution in [3.8, 4) is 0 Å². The molecule has 0 unspecified atom stereocenters. The Kier molecular flexibility index (Phi) is 3.65. The highest BCUT2D eigenvalue weighted by Crippen LogP contribution is 2.17. The highest BCUT2D eigenvalue weighted by Gasteiger charge is 2.07. The molecule has 1 aromatic carbocycles. The fourth-order valence-corrected chi connectivity index (χ4v) is 1.75. The first-order valence-corrected chi connectivity index (χ1v) is 5.65. The Morgan fingerprint density at radius 1 is 1.25 bits per heavy atom. The van der Waals surface area contributed by atoms with E-state index in [4.69, 9.17) is 16.0 Å². The Bertz CT molecular complexity index is 439. The van der Waals surface area contributed by atoms with Crippen LogP contribution in [0, 0.1) is 0 Å². The maximum atomic E-state index is 6.07. The van der Waals surface area contributed by atoms with Gasteiger partial charge in [-0.1, -0.05) is 29.8 Å². The van der Waals surface area contributed by atoms with Crippen LogP contribution >= 0.6 is 11.6 Å². The van der Waals surface area contributed by atoms with E-state index in [2.05, 4.69) is 12.2 Å². The molecule has 0 spiro atoms. The molecule has 0 saturated carbocycles. The molecule has 16 heavy (non-hydrogen) atoms. The molecule has 1 aromatic heterocycles. The van der Waals surface area contributed by atoms with Gasteiger partial charge >= 0.3 is 0 Å². The smallest absolute Gasteiger partial charge is 0.120 e. The van der Waals surface area contributed by atoms with Crippen LogP contribution < -0.4 is 5.32 Å². The highest BCUT2D eigenvalue weighted by atomic mass is 35.5. The molecular weight excluding hydrogens is 222 g/mol. The van der Waals surface area contributed by atoms with Crippen molar-refractivity contribution in [2.75, 3.05) is 0 Å². The van der Waals surface area contributed by atoms with Gasteiger partial charge in [-0.3, -0.25) is 0 Å². The molecule has 1 N–H and O–H groups in total. The monoisotopic (exact) mass is 235 g/mol. The number of hydrogen-bond donors (Lipinski definition) is 1. The summed E-state index contributed by atoms with van der Waals surface area (Å²) < 4.78 is 5.32. The average molecular weight is 236 g/mol. The first kappa shape index (κ1) is 11.2. The first-order valence-electron chi connectivity index (χ1n) is 5.27. The summed E-state index contributed by atoms with van der Waals surface area (Å²) in [6, 6.07) is 11.9. The molecule has 2 aromatic rings.